The average molecular weight is 176 g/mol. The first-order valence-electron chi connectivity index (χ1n) is 3.73. The Morgan fingerprint density at radius 2 is 1.83 bits per heavy atom. The number of hydrogen-bond donors (Lipinski definition) is 3. The second kappa shape index (κ2) is 3.49. The van der Waals surface area contributed by atoms with Gasteiger partial charge < -0.3 is 24.9 Å². The predicted molar refractivity (Wildman–Crippen MR) is 38.1 cm³/mol. The van der Waals surface area contributed by atoms with E-state index < -0.39 is 30.5 Å². The van der Waals surface area contributed by atoms with E-state index in [2.05, 4.69) is 0 Å². The normalized spacial score (nSPS) is 48.8. The fourth-order valence-electron chi connectivity index (χ4n) is 1.26. The summed E-state index contributed by atoms with van der Waals surface area (Å²) in [5.74, 6) is -0.775. The third kappa shape index (κ3) is 1.49. The fraction of sp³-hybridized carbons (Fsp3) is 0.857. The molecule has 1 fully saturated rings. The van der Waals surface area contributed by atoms with Crippen molar-refractivity contribution in [3.05, 3.63) is 0 Å². The maximum absolute atomic E-state index is 10.4. The first kappa shape index (κ1) is 9.60. The second-order valence-corrected chi connectivity index (χ2v) is 2.93. The van der Waals surface area contributed by atoms with E-state index in [0.717, 1.165) is 0 Å². The third-order valence-corrected chi connectivity index (χ3v) is 2.09. The Hall–Kier alpha value is -0.490. The van der Waals surface area contributed by atoms with Gasteiger partial charge in [0.2, 0.25) is 0 Å². The SMILES string of the molecule is C[C@H]1O[C@H](O)[C@@H](O)[C@@H](O)[C@@H]1C=O. The van der Waals surface area contributed by atoms with Crippen LogP contribution in [0.5, 0.6) is 0 Å². The quantitative estimate of drug-likeness (QED) is 0.413. The summed E-state index contributed by atoms with van der Waals surface area (Å²) >= 11 is 0. The zero-order valence-electron chi connectivity index (χ0n) is 6.62. The fourth-order valence-corrected chi connectivity index (χ4v) is 1.26. The molecule has 1 rings (SSSR count). The Bertz CT molecular complexity index is 171. The van der Waals surface area contributed by atoms with Gasteiger partial charge in [0.1, 0.15) is 12.4 Å². The molecule has 0 unspecified atom stereocenters. The first-order valence-corrected chi connectivity index (χ1v) is 3.73. The van der Waals surface area contributed by atoms with Gasteiger partial charge in [0.15, 0.2) is 6.29 Å². The van der Waals surface area contributed by atoms with Gasteiger partial charge in [-0.25, -0.2) is 0 Å². The van der Waals surface area contributed by atoms with E-state index >= 15 is 0 Å². The molecule has 0 radical (unpaired) electrons. The Morgan fingerprint density at radius 3 is 2.33 bits per heavy atom. The van der Waals surface area contributed by atoms with Crippen molar-refractivity contribution in [3.8, 4) is 0 Å². The van der Waals surface area contributed by atoms with Crippen LogP contribution in [0, 0.1) is 5.92 Å². The molecular formula is C7H12O5. The summed E-state index contributed by atoms with van der Waals surface area (Å²) in [4.78, 5) is 10.4. The zero-order chi connectivity index (χ0) is 9.30. The minimum atomic E-state index is -1.41. The van der Waals surface area contributed by atoms with Crippen LogP contribution in [0.2, 0.25) is 0 Å². The number of hydrogen-bond acceptors (Lipinski definition) is 5. The number of carbonyl (C=O) groups is 1. The van der Waals surface area contributed by atoms with E-state index in [9.17, 15) is 9.90 Å². The molecule has 5 atom stereocenters. The lowest BCUT2D eigenvalue weighted by Gasteiger charge is -2.36. The molecule has 1 saturated heterocycles. The molecule has 70 valence electrons. The summed E-state index contributed by atoms with van der Waals surface area (Å²) in [5, 5.41) is 27.3. The maximum Gasteiger partial charge on any atom is 0.183 e. The molecule has 0 aliphatic carbocycles. The number of carbonyl (C=O) groups excluding carboxylic acids is 1. The molecule has 0 amide bonds. The largest absolute Gasteiger partial charge is 0.389 e. The van der Waals surface area contributed by atoms with Crippen molar-refractivity contribution in [3.63, 3.8) is 0 Å². The van der Waals surface area contributed by atoms with Gasteiger partial charge in [0, 0.05) is 0 Å². The Kier molecular flexibility index (Phi) is 2.79. The van der Waals surface area contributed by atoms with Crippen LogP contribution in [-0.4, -0.2) is 46.2 Å². The van der Waals surface area contributed by atoms with Crippen LogP contribution in [0.3, 0.4) is 0 Å². The molecule has 0 saturated carbocycles. The number of ether oxygens (including phenoxy) is 1. The molecule has 12 heavy (non-hydrogen) atoms. The molecule has 0 aromatic heterocycles. The Labute approximate surface area is 69.6 Å². The lowest BCUT2D eigenvalue weighted by Crippen LogP contribution is -2.53. The summed E-state index contributed by atoms with van der Waals surface area (Å²) in [7, 11) is 0. The van der Waals surface area contributed by atoms with E-state index in [4.69, 9.17) is 14.9 Å². The number of rotatable bonds is 1. The number of aliphatic hydroxyl groups excluding tert-OH is 3. The Morgan fingerprint density at radius 1 is 1.25 bits per heavy atom. The monoisotopic (exact) mass is 176 g/mol. The van der Waals surface area contributed by atoms with Crippen molar-refractivity contribution in [2.24, 2.45) is 5.92 Å². The van der Waals surface area contributed by atoms with Crippen LogP contribution in [0.25, 0.3) is 0 Å². The van der Waals surface area contributed by atoms with Crippen molar-refractivity contribution < 1.29 is 24.9 Å². The summed E-state index contributed by atoms with van der Waals surface area (Å²) in [5.41, 5.74) is 0. The van der Waals surface area contributed by atoms with Gasteiger partial charge in [-0.2, -0.15) is 0 Å². The smallest absolute Gasteiger partial charge is 0.183 e. The highest BCUT2D eigenvalue weighted by Crippen LogP contribution is 2.23. The molecular weight excluding hydrogens is 164 g/mol. The average Bonchev–Trinajstić information content (AvgIpc) is 2.01. The van der Waals surface area contributed by atoms with Crippen molar-refractivity contribution >= 4 is 6.29 Å². The molecule has 0 bridgehead atoms. The van der Waals surface area contributed by atoms with Gasteiger partial charge in [0.05, 0.1) is 18.1 Å². The molecule has 1 aliphatic rings. The molecule has 0 aromatic rings. The second-order valence-electron chi connectivity index (χ2n) is 2.93. The van der Waals surface area contributed by atoms with Crippen LogP contribution in [-0.2, 0) is 9.53 Å². The van der Waals surface area contributed by atoms with Gasteiger partial charge in [-0.15, -0.1) is 0 Å². The molecule has 1 heterocycles. The predicted octanol–water partition coefficient (Wildman–Crippen LogP) is -1.74. The molecule has 3 N–H and O–H groups in total. The van der Waals surface area contributed by atoms with E-state index in [1.165, 1.54) is 0 Å². The summed E-state index contributed by atoms with van der Waals surface area (Å²) in [6.07, 6.45) is -4.12. The minimum absolute atomic E-state index is 0.518. The zero-order valence-corrected chi connectivity index (χ0v) is 6.62. The van der Waals surface area contributed by atoms with E-state index in [1.54, 1.807) is 6.92 Å². The molecule has 5 heteroatoms. The highest BCUT2D eigenvalue weighted by molar-refractivity contribution is 5.56. The molecule has 0 aromatic carbocycles. The highest BCUT2D eigenvalue weighted by atomic mass is 16.6. The van der Waals surface area contributed by atoms with Crippen LogP contribution in [0.4, 0.5) is 0 Å². The van der Waals surface area contributed by atoms with E-state index in [-0.39, 0.29) is 0 Å². The number of aliphatic hydroxyl groups is 3. The lowest BCUT2D eigenvalue weighted by atomic mass is 9.91. The standard InChI is InChI=1S/C7H12O5/c1-3-4(2-8)5(9)6(10)7(11)12-3/h2-7,9-11H,1H3/t3-,4-,5+,6+,7+/m1/s1. The summed E-state index contributed by atoms with van der Waals surface area (Å²) < 4.78 is 4.79. The lowest BCUT2D eigenvalue weighted by molar-refractivity contribution is -0.258. The van der Waals surface area contributed by atoms with Crippen LogP contribution in [0.1, 0.15) is 6.92 Å². The topological polar surface area (TPSA) is 87.0 Å². The van der Waals surface area contributed by atoms with Gasteiger partial charge in [-0.3, -0.25) is 0 Å². The minimum Gasteiger partial charge on any atom is -0.389 e. The molecule has 1 aliphatic heterocycles. The van der Waals surface area contributed by atoms with Crippen molar-refractivity contribution in [1.29, 1.82) is 0 Å². The van der Waals surface area contributed by atoms with Gasteiger partial charge in [0.25, 0.3) is 0 Å². The maximum atomic E-state index is 10.4. The van der Waals surface area contributed by atoms with E-state index in [1.807, 2.05) is 0 Å². The van der Waals surface area contributed by atoms with Gasteiger partial charge in [-0.1, -0.05) is 0 Å². The summed E-state index contributed by atoms with van der Waals surface area (Å²) in [6, 6.07) is 0. The van der Waals surface area contributed by atoms with Gasteiger partial charge >= 0.3 is 0 Å². The highest BCUT2D eigenvalue weighted by Gasteiger charge is 2.41. The Balaban J connectivity index is 2.71. The van der Waals surface area contributed by atoms with Crippen LogP contribution >= 0.6 is 0 Å². The summed E-state index contributed by atoms with van der Waals surface area (Å²) in [6.45, 7) is 1.55. The van der Waals surface area contributed by atoms with Crippen molar-refractivity contribution in [2.75, 3.05) is 0 Å². The van der Waals surface area contributed by atoms with Crippen molar-refractivity contribution in [2.45, 2.75) is 31.5 Å². The molecule has 5 nitrogen and oxygen atoms in total. The van der Waals surface area contributed by atoms with Crippen LogP contribution in [0.15, 0.2) is 0 Å². The first-order chi connectivity index (χ1) is 5.57. The van der Waals surface area contributed by atoms with Crippen molar-refractivity contribution in [1.82, 2.24) is 0 Å². The van der Waals surface area contributed by atoms with Gasteiger partial charge in [-0.05, 0) is 6.92 Å². The third-order valence-electron chi connectivity index (χ3n) is 2.09. The van der Waals surface area contributed by atoms with E-state index in [0.29, 0.717) is 6.29 Å². The molecule has 0 spiro atoms. The number of aldehydes is 1. The van der Waals surface area contributed by atoms with Crippen LogP contribution < -0.4 is 0 Å².